The Kier molecular flexibility index (Phi) is 4.05. The Balaban J connectivity index is 1.35. The summed E-state index contributed by atoms with van der Waals surface area (Å²) in [6.07, 6.45) is 3.27. The van der Waals surface area contributed by atoms with E-state index in [1.54, 1.807) is 17.0 Å². The van der Waals surface area contributed by atoms with Crippen molar-refractivity contribution in [3.8, 4) is 0 Å². The van der Waals surface area contributed by atoms with E-state index in [1.807, 2.05) is 11.9 Å². The fourth-order valence-corrected chi connectivity index (χ4v) is 5.08. The van der Waals surface area contributed by atoms with E-state index in [9.17, 15) is 9.59 Å². The summed E-state index contributed by atoms with van der Waals surface area (Å²) in [5.41, 5.74) is 2.00. The number of hydrogen-bond acceptors (Lipinski definition) is 4. The standard InChI is InChI=1S/C22H24N2O4/c1-23(18-9-15-5-2-3-6-16(15)10-18)21(26)22-13-24(11-17(22)12-27-14-22)20(25)19-7-4-8-28-19/h2-8,17-18H,9-14H2,1H3/t17-,22-/m1/s1. The molecule has 28 heavy (non-hydrogen) atoms. The third-order valence-electron chi connectivity index (χ3n) is 6.72. The van der Waals surface area contributed by atoms with Gasteiger partial charge in [-0.2, -0.15) is 0 Å². The summed E-state index contributed by atoms with van der Waals surface area (Å²) < 4.78 is 11.0. The number of likely N-dealkylation sites (tertiary alicyclic amines) is 1. The lowest BCUT2D eigenvalue weighted by molar-refractivity contribution is -0.143. The van der Waals surface area contributed by atoms with E-state index in [2.05, 4.69) is 24.3 Å². The van der Waals surface area contributed by atoms with Gasteiger partial charge in [0.15, 0.2) is 5.76 Å². The van der Waals surface area contributed by atoms with Gasteiger partial charge in [-0.3, -0.25) is 9.59 Å². The van der Waals surface area contributed by atoms with E-state index >= 15 is 0 Å². The van der Waals surface area contributed by atoms with Gasteiger partial charge in [0.05, 0.1) is 24.9 Å². The maximum Gasteiger partial charge on any atom is 0.289 e. The monoisotopic (exact) mass is 380 g/mol. The first kappa shape index (κ1) is 17.5. The Morgan fingerprint density at radius 2 is 1.89 bits per heavy atom. The molecule has 1 aromatic carbocycles. The van der Waals surface area contributed by atoms with Crippen LogP contribution in [0, 0.1) is 11.3 Å². The number of rotatable bonds is 3. The van der Waals surface area contributed by atoms with Crippen LogP contribution in [0.15, 0.2) is 47.1 Å². The molecule has 5 rings (SSSR count). The second kappa shape index (κ2) is 6.48. The number of carbonyl (C=O) groups is 2. The van der Waals surface area contributed by atoms with Gasteiger partial charge in [-0.25, -0.2) is 0 Å². The molecule has 0 unspecified atom stereocenters. The summed E-state index contributed by atoms with van der Waals surface area (Å²) in [5.74, 6) is 0.304. The molecule has 2 atom stereocenters. The van der Waals surface area contributed by atoms with E-state index in [4.69, 9.17) is 9.15 Å². The molecule has 2 aromatic rings. The summed E-state index contributed by atoms with van der Waals surface area (Å²) in [6, 6.07) is 11.9. The molecule has 3 heterocycles. The van der Waals surface area contributed by atoms with Gasteiger partial charge in [0.2, 0.25) is 5.91 Å². The van der Waals surface area contributed by atoms with Crippen LogP contribution in [0.25, 0.3) is 0 Å². The summed E-state index contributed by atoms with van der Waals surface area (Å²) >= 11 is 0. The highest BCUT2D eigenvalue weighted by atomic mass is 16.5. The fourth-order valence-electron chi connectivity index (χ4n) is 5.08. The molecule has 0 saturated carbocycles. The minimum absolute atomic E-state index is 0.0325. The van der Waals surface area contributed by atoms with Crippen molar-refractivity contribution in [2.24, 2.45) is 11.3 Å². The van der Waals surface area contributed by atoms with Crippen LogP contribution in [0.5, 0.6) is 0 Å². The summed E-state index contributed by atoms with van der Waals surface area (Å²) in [5, 5.41) is 0. The van der Waals surface area contributed by atoms with Crippen LogP contribution in [0.3, 0.4) is 0 Å². The zero-order valence-corrected chi connectivity index (χ0v) is 16.0. The van der Waals surface area contributed by atoms with Gasteiger partial charge in [-0.1, -0.05) is 24.3 Å². The molecular weight excluding hydrogens is 356 g/mol. The number of hydrogen-bond donors (Lipinski definition) is 0. The largest absolute Gasteiger partial charge is 0.459 e. The highest BCUT2D eigenvalue weighted by Gasteiger charge is 2.58. The first-order valence-corrected chi connectivity index (χ1v) is 9.83. The predicted octanol–water partition coefficient (Wildman–Crippen LogP) is 1.99. The third-order valence-corrected chi connectivity index (χ3v) is 6.72. The number of fused-ring (bicyclic) bond motifs is 2. The maximum absolute atomic E-state index is 13.6. The quantitative estimate of drug-likeness (QED) is 0.817. The van der Waals surface area contributed by atoms with Crippen LogP contribution < -0.4 is 0 Å². The van der Waals surface area contributed by atoms with Gasteiger partial charge in [0.1, 0.15) is 0 Å². The Labute approximate surface area is 164 Å². The molecule has 6 nitrogen and oxygen atoms in total. The van der Waals surface area contributed by atoms with Crippen LogP contribution in [0.4, 0.5) is 0 Å². The second-order valence-electron chi connectivity index (χ2n) is 8.28. The Morgan fingerprint density at radius 3 is 2.57 bits per heavy atom. The smallest absolute Gasteiger partial charge is 0.289 e. The van der Waals surface area contributed by atoms with Gasteiger partial charge < -0.3 is 19.0 Å². The molecule has 2 fully saturated rings. The Hall–Kier alpha value is -2.60. The van der Waals surface area contributed by atoms with Crippen LogP contribution in [0.2, 0.25) is 0 Å². The van der Waals surface area contributed by atoms with Crippen LogP contribution in [0.1, 0.15) is 21.7 Å². The van der Waals surface area contributed by atoms with Gasteiger partial charge in [-0.15, -0.1) is 0 Å². The topological polar surface area (TPSA) is 63.0 Å². The molecular formula is C22H24N2O4. The molecule has 2 aliphatic heterocycles. The van der Waals surface area contributed by atoms with Crippen LogP contribution in [-0.4, -0.2) is 61.0 Å². The normalized spacial score (nSPS) is 26.3. The van der Waals surface area contributed by atoms with Crippen LogP contribution >= 0.6 is 0 Å². The number of amides is 2. The summed E-state index contributed by atoms with van der Waals surface area (Å²) in [6.45, 7) is 1.82. The molecule has 2 saturated heterocycles. The number of benzene rings is 1. The molecule has 1 aliphatic carbocycles. The molecule has 1 aromatic heterocycles. The van der Waals surface area contributed by atoms with Crippen molar-refractivity contribution in [2.75, 3.05) is 33.4 Å². The molecule has 0 spiro atoms. The third kappa shape index (κ3) is 2.58. The number of carbonyl (C=O) groups excluding carboxylic acids is 2. The number of furan rings is 1. The highest BCUT2D eigenvalue weighted by molar-refractivity contribution is 5.93. The van der Waals surface area contributed by atoms with Crippen molar-refractivity contribution in [3.63, 3.8) is 0 Å². The molecule has 2 amide bonds. The predicted molar refractivity (Wildman–Crippen MR) is 102 cm³/mol. The van der Waals surface area contributed by atoms with E-state index < -0.39 is 5.41 Å². The highest BCUT2D eigenvalue weighted by Crippen LogP contribution is 2.44. The van der Waals surface area contributed by atoms with Crippen molar-refractivity contribution in [1.29, 1.82) is 0 Å². The number of likely N-dealkylation sites (N-methyl/N-ethyl adjacent to an activating group) is 1. The zero-order chi connectivity index (χ0) is 19.3. The number of nitrogens with zero attached hydrogens (tertiary/aromatic N) is 2. The van der Waals surface area contributed by atoms with E-state index in [0.29, 0.717) is 32.1 Å². The summed E-state index contributed by atoms with van der Waals surface area (Å²) in [7, 11) is 1.90. The number of ether oxygens (including phenoxy) is 1. The van der Waals surface area contributed by atoms with Gasteiger partial charge in [0, 0.05) is 32.1 Å². The lowest BCUT2D eigenvalue weighted by atomic mass is 9.79. The Bertz CT molecular complexity index is 884. The van der Waals surface area contributed by atoms with Crippen molar-refractivity contribution in [2.45, 2.75) is 18.9 Å². The lowest BCUT2D eigenvalue weighted by Crippen LogP contribution is -2.51. The minimum atomic E-state index is -0.647. The Morgan fingerprint density at radius 1 is 1.14 bits per heavy atom. The molecule has 0 N–H and O–H groups in total. The molecule has 0 radical (unpaired) electrons. The molecule has 146 valence electrons. The summed E-state index contributed by atoms with van der Waals surface area (Å²) in [4.78, 5) is 30.0. The van der Waals surface area contributed by atoms with Crippen molar-refractivity contribution < 1.29 is 18.7 Å². The average molecular weight is 380 g/mol. The molecule has 6 heteroatoms. The maximum atomic E-state index is 13.6. The van der Waals surface area contributed by atoms with Crippen molar-refractivity contribution >= 4 is 11.8 Å². The zero-order valence-electron chi connectivity index (χ0n) is 16.0. The van der Waals surface area contributed by atoms with Gasteiger partial charge >= 0.3 is 0 Å². The van der Waals surface area contributed by atoms with Crippen molar-refractivity contribution in [3.05, 3.63) is 59.5 Å². The van der Waals surface area contributed by atoms with Crippen molar-refractivity contribution in [1.82, 2.24) is 9.80 Å². The second-order valence-corrected chi connectivity index (χ2v) is 8.28. The first-order chi connectivity index (χ1) is 13.6. The van der Waals surface area contributed by atoms with E-state index in [1.165, 1.54) is 17.4 Å². The molecule has 3 aliphatic rings. The SMILES string of the molecule is CN(C(=O)[C@]12COC[C@H]1CN(C(=O)c1ccco1)C2)C1Cc2ccccc2C1. The lowest BCUT2D eigenvalue weighted by Gasteiger charge is -2.34. The fraction of sp³-hybridized carbons (Fsp3) is 0.455. The average Bonchev–Trinajstić information content (AvgIpc) is 3.48. The van der Waals surface area contributed by atoms with E-state index in [-0.39, 0.29) is 23.8 Å². The van der Waals surface area contributed by atoms with Gasteiger partial charge in [0.25, 0.3) is 5.91 Å². The van der Waals surface area contributed by atoms with Crippen LogP contribution in [-0.2, 0) is 22.4 Å². The minimum Gasteiger partial charge on any atom is -0.459 e. The first-order valence-electron chi connectivity index (χ1n) is 9.83. The van der Waals surface area contributed by atoms with E-state index in [0.717, 1.165) is 12.8 Å². The van der Waals surface area contributed by atoms with Gasteiger partial charge in [-0.05, 0) is 36.1 Å². The molecule has 0 bridgehead atoms.